The first-order chi connectivity index (χ1) is 13.4. The van der Waals surface area contributed by atoms with Crippen molar-refractivity contribution >= 4 is 11.9 Å². The van der Waals surface area contributed by atoms with Gasteiger partial charge in [-0.1, -0.05) is 13.3 Å². The fourth-order valence-electron chi connectivity index (χ4n) is 4.17. The predicted octanol–water partition coefficient (Wildman–Crippen LogP) is 4.40. The molecule has 1 atom stereocenters. The molecule has 1 aromatic rings. The summed E-state index contributed by atoms with van der Waals surface area (Å²) in [6.45, 7) is 14.9. The van der Waals surface area contributed by atoms with Crippen molar-refractivity contribution in [3.63, 3.8) is 0 Å². The summed E-state index contributed by atoms with van der Waals surface area (Å²) in [4.78, 5) is 27.5. The molecule has 7 heteroatoms. The Morgan fingerprint density at radius 1 is 1.24 bits per heavy atom. The maximum absolute atomic E-state index is 13.4. The number of carbonyl (C=O) groups is 2. The van der Waals surface area contributed by atoms with Gasteiger partial charge in [-0.3, -0.25) is 9.48 Å². The van der Waals surface area contributed by atoms with Gasteiger partial charge in [0.1, 0.15) is 11.2 Å². The van der Waals surface area contributed by atoms with Crippen LogP contribution < -0.4 is 4.74 Å². The van der Waals surface area contributed by atoms with Gasteiger partial charge in [0.2, 0.25) is 0 Å². The highest BCUT2D eigenvalue weighted by atomic mass is 16.6. The summed E-state index contributed by atoms with van der Waals surface area (Å²) in [5.41, 5.74) is -0.887. The first-order valence-electron chi connectivity index (χ1n) is 10.7. The second-order valence-corrected chi connectivity index (χ2v) is 10.3. The third-order valence-electron chi connectivity index (χ3n) is 5.70. The van der Waals surface area contributed by atoms with Gasteiger partial charge in [0.15, 0.2) is 17.2 Å². The van der Waals surface area contributed by atoms with Crippen LogP contribution in [0.4, 0.5) is 4.79 Å². The van der Waals surface area contributed by atoms with Gasteiger partial charge < -0.3 is 14.4 Å². The Bertz CT molecular complexity index is 777. The lowest BCUT2D eigenvalue weighted by molar-refractivity contribution is -0.0507. The first-order valence-corrected chi connectivity index (χ1v) is 10.7. The summed E-state index contributed by atoms with van der Waals surface area (Å²) in [6.07, 6.45) is 4.42. The lowest BCUT2D eigenvalue weighted by Gasteiger charge is -2.47. The Labute approximate surface area is 173 Å². The normalized spacial score (nSPS) is 21.7. The number of ether oxygens (including phenoxy) is 2. The molecule has 2 aliphatic heterocycles. The standard InChI is InChI=1S/C22H35N3O4/c1-8-9-15-18(26)17-16(14-25(23-17)20(2,3)4)28-22(15)10-12-24(13-11-22)19(27)29-21(5,6)7/h14-15H,8-13H2,1-7H3. The maximum Gasteiger partial charge on any atom is 0.410 e. The lowest BCUT2D eigenvalue weighted by atomic mass is 9.72. The van der Waals surface area contributed by atoms with E-state index < -0.39 is 11.2 Å². The van der Waals surface area contributed by atoms with E-state index in [4.69, 9.17) is 9.47 Å². The van der Waals surface area contributed by atoms with Crippen molar-refractivity contribution in [1.82, 2.24) is 14.7 Å². The number of hydrogen-bond acceptors (Lipinski definition) is 5. The van der Waals surface area contributed by atoms with Crippen molar-refractivity contribution in [2.75, 3.05) is 13.1 Å². The molecule has 1 amide bonds. The zero-order valence-electron chi connectivity index (χ0n) is 18.9. The summed E-state index contributed by atoms with van der Waals surface area (Å²) in [6, 6.07) is 0. The molecular formula is C22H35N3O4. The number of Topliss-reactive ketones (excluding diaryl/α,β-unsaturated/α-hetero) is 1. The number of piperidine rings is 1. The van der Waals surface area contributed by atoms with E-state index in [9.17, 15) is 9.59 Å². The first kappa shape index (κ1) is 21.7. The minimum atomic E-state index is -0.579. The average Bonchev–Trinajstić information content (AvgIpc) is 3.02. The molecule has 29 heavy (non-hydrogen) atoms. The van der Waals surface area contributed by atoms with Gasteiger partial charge in [0, 0.05) is 25.9 Å². The van der Waals surface area contributed by atoms with Crippen LogP contribution in [0.15, 0.2) is 6.20 Å². The highest BCUT2D eigenvalue weighted by Crippen LogP contribution is 2.45. The molecule has 0 saturated carbocycles. The molecule has 7 nitrogen and oxygen atoms in total. The van der Waals surface area contributed by atoms with Gasteiger partial charge in [0.25, 0.3) is 0 Å². The van der Waals surface area contributed by atoms with Crippen LogP contribution in [0.3, 0.4) is 0 Å². The number of aromatic nitrogens is 2. The van der Waals surface area contributed by atoms with E-state index in [0.29, 0.717) is 37.4 Å². The fraction of sp³-hybridized carbons (Fsp3) is 0.773. The second-order valence-electron chi connectivity index (χ2n) is 10.3. The van der Waals surface area contributed by atoms with Gasteiger partial charge in [-0.15, -0.1) is 0 Å². The molecular weight excluding hydrogens is 370 g/mol. The zero-order valence-corrected chi connectivity index (χ0v) is 18.9. The minimum absolute atomic E-state index is 0.0711. The number of amides is 1. The number of likely N-dealkylation sites (tertiary alicyclic amines) is 1. The molecule has 1 saturated heterocycles. The number of ketones is 1. The third-order valence-corrected chi connectivity index (χ3v) is 5.70. The van der Waals surface area contributed by atoms with E-state index in [1.165, 1.54) is 0 Å². The van der Waals surface area contributed by atoms with E-state index in [-0.39, 0.29) is 23.3 Å². The zero-order chi connectivity index (χ0) is 21.6. The van der Waals surface area contributed by atoms with Crippen molar-refractivity contribution in [1.29, 1.82) is 0 Å². The van der Waals surface area contributed by atoms with Crippen molar-refractivity contribution in [3.8, 4) is 5.75 Å². The quantitative estimate of drug-likeness (QED) is 0.729. The molecule has 0 aliphatic carbocycles. The summed E-state index contributed by atoms with van der Waals surface area (Å²) < 4.78 is 13.8. The molecule has 0 aromatic carbocycles. The minimum Gasteiger partial charge on any atom is -0.482 e. The highest BCUT2D eigenvalue weighted by molar-refractivity contribution is 6.00. The van der Waals surface area contributed by atoms with Crippen molar-refractivity contribution in [2.24, 2.45) is 5.92 Å². The van der Waals surface area contributed by atoms with Crippen LogP contribution in [0, 0.1) is 5.92 Å². The van der Waals surface area contributed by atoms with Crippen LogP contribution in [0.5, 0.6) is 5.75 Å². The van der Waals surface area contributed by atoms with Gasteiger partial charge in [-0.05, 0) is 48.0 Å². The van der Waals surface area contributed by atoms with Crippen molar-refractivity contribution < 1.29 is 19.1 Å². The molecule has 162 valence electrons. The smallest absolute Gasteiger partial charge is 0.410 e. The molecule has 0 N–H and O–H groups in total. The molecule has 1 spiro atoms. The summed E-state index contributed by atoms with van der Waals surface area (Å²) in [7, 11) is 0. The number of nitrogens with zero attached hydrogens (tertiary/aromatic N) is 3. The molecule has 1 fully saturated rings. The fourth-order valence-corrected chi connectivity index (χ4v) is 4.17. The number of hydrogen-bond donors (Lipinski definition) is 0. The molecule has 1 aromatic heterocycles. The number of fused-ring (bicyclic) bond motifs is 1. The van der Waals surface area contributed by atoms with Gasteiger partial charge in [-0.25, -0.2) is 4.79 Å². The van der Waals surface area contributed by atoms with Crippen LogP contribution in [-0.4, -0.2) is 50.8 Å². The molecule has 1 unspecified atom stereocenters. The Morgan fingerprint density at radius 2 is 1.86 bits per heavy atom. The van der Waals surface area contributed by atoms with Crippen molar-refractivity contribution in [2.45, 2.75) is 90.9 Å². The lowest BCUT2D eigenvalue weighted by Crippen LogP contribution is -2.57. The van der Waals surface area contributed by atoms with E-state index in [1.807, 2.05) is 31.6 Å². The van der Waals surface area contributed by atoms with Crippen LogP contribution >= 0.6 is 0 Å². The van der Waals surface area contributed by atoms with Gasteiger partial charge >= 0.3 is 6.09 Å². The Kier molecular flexibility index (Phi) is 5.47. The van der Waals surface area contributed by atoms with E-state index >= 15 is 0 Å². The van der Waals surface area contributed by atoms with Crippen molar-refractivity contribution in [3.05, 3.63) is 11.9 Å². The monoisotopic (exact) mass is 405 g/mol. The third kappa shape index (κ3) is 4.28. The largest absolute Gasteiger partial charge is 0.482 e. The number of carbonyl (C=O) groups excluding carboxylic acids is 2. The molecule has 0 bridgehead atoms. The summed E-state index contributed by atoms with van der Waals surface area (Å²) in [5.74, 6) is 0.411. The van der Waals surface area contributed by atoms with Gasteiger partial charge in [0.05, 0.1) is 17.7 Å². The molecule has 3 rings (SSSR count). The average molecular weight is 406 g/mol. The SMILES string of the molecule is CCCC1C(=O)c2nn(C(C)(C)C)cc2OC12CCN(C(=O)OC(C)(C)C)CC2. The molecule has 0 radical (unpaired) electrons. The van der Waals surface area contributed by atoms with E-state index in [1.54, 1.807) is 4.90 Å². The van der Waals surface area contributed by atoms with Gasteiger partial charge in [-0.2, -0.15) is 5.10 Å². The molecule has 2 aliphatic rings. The van der Waals surface area contributed by atoms with Crippen LogP contribution in [-0.2, 0) is 10.3 Å². The Balaban J connectivity index is 1.84. The van der Waals surface area contributed by atoms with E-state index in [0.717, 1.165) is 12.8 Å². The van der Waals surface area contributed by atoms with E-state index in [2.05, 4.69) is 32.8 Å². The predicted molar refractivity (Wildman–Crippen MR) is 110 cm³/mol. The Morgan fingerprint density at radius 3 is 2.38 bits per heavy atom. The van der Waals surface area contributed by atoms with Crippen LogP contribution in [0.1, 0.15) is 84.6 Å². The van der Waals surface area contributed by atoms with Crippen LogP contribution in [0.2, 0.25) is 0 Å². The Hall–Kier alpha value is -2.05. The topological polar surface area (TPSA) is 73.7 Å². The highest BCUT2D eigenvalue weighted by Gasteiger charge is 2.52. The number of rotatable bonds is 2. The maximum atomic E-state index is 13.4. The van der Waals surface area contributed by atoms with Crippen LogP contribution in [0.25, 0.3) is 0 Å². The summed E-state index contributed by atoms with van der Waals surface area (Å²) in [5, 5.41) is 4.55. The second kappa shape index (κ2) is 7.33. The summed E-state index contributed by atoms with van der Waals surface area (Å²) >= 11 is 0. The molecule has 3 heterocycles.